The van der Waals surface area contributed by atoms with Gasteiger partial charge in [-0.15, -0.1) is 15.3 Å². The lowest BCUT2D eigenvalue weighted by atomic mass is 10.1. The Bertz CT molecular complexity index is 2380. The van der Waals surface area contributed by atoms with Crippen molar-refractivity contribution in [2.75, 3.05) is 0 Å². The summed E-state index contributed by atoms with van der Waals surface area (Å²) in [6.45, 7) is 59.9. The number of rotatable bonds is 1. The van der Waals surface area contributed by atoms with Crippen molar-refractivity contribution in [1.29, 1.82) is 0 Å². The smallest absolute Gasteiger partial charge is 0.147 e. The molecule has 512 valence electrons. The Balaban J connectivity index is -0.000000116. The van der Waals surface area contributed by atoms with Crippen molar-refractivity contribution in [1.82, 2.24) is 80.7 Å². The van der Waals surface area contributed by atoms with Crippen molar-refractivity contribution in [3.63, 3.8) is 0 Å². The van der Waals surface area contributed by atoms with Gasteiger partial charge in [0.1, 0.15) is 43.3 Å². The van der Waals surface area contributed by atoms with Gasteiger partial charge in [-0.1, -0.05) is 274 Å². The van der Waals surface area contributed by atoms with Crippen LogP contribution >= 0.6 is 0 Å². The van der Waals surface area contributed by atoms with Gasteiger partial charge in [0.05, 0.1) is 36.2 Å². The van der Waals surface area contributed by atoms with E-state index in [4.69, 9.17) is 0 Å². The van der Waals surface area contributed by atoms with Crippen LogP contribution in [-0.2, 0) is 6.42 Å². The van der Waals surface area contributed by atoms with E-state index in [0.717, 1.165) is 40.7 Å². The molecule has 0 radical (unpaired) electrons. The highest BCUT2D eigenvalue weighted by molar-refractivity contribution is 5.85. The van der Waals surface area contributed by atoms with Gasteiger partial charge >= 0.3 is 0 Å². The summed E-state index contributed by atoms with van der Waals surface area (Å²) >= 11 is 0. The molecule has 0 saturated heterocycles. The third kappa shape index (κ3) is 79.4. The van der Waals surface area contributed by atoms with E-state index in [1.54, 1.807) is 56.5 Å². The third-order valence-electron chi connectivity index (χ3n) is 8.93. The van der Waals surface area contributed by atoms with E-state index in [2.05, 4.69) is 187 Å². The van der Waals surface area contributed by atoms with Crippen molar-refractivity contribution >= 4 is 10.8 Å². The van der Waals surface area contributed by atoms with Gasteiger partial charge in [0, 0.05) is 24.8 Å². The molecule has 0 amide bonds. The predicted molar refractivity (Wildman–Crippen MR) is 399 cm³/mol. The molecule has 0 spiro atoms. The summed E-state index contributed by atoms with van der Waals surface area (Å²) in [6.07, 6.45) is 24.8. The van der Waals surface area contributed by atoms with Crippen LogP contribution in [0, 0.1) is 61.3 Å². The second kappa shape index (κ2) is 91.1. The first-order valence-electron chi connectivity index (χ1n) is 33.3. The molecule has 6 heterocycles. The van der Waals surface area contributed by atoms with Crippen molar-refractivity contribution < 1.29 is 0 Å². The lowest BCUT2D eigenvalue weighted by Gasteiger charge is -1.98. The monoisotopic (exact) mass is 1270 g/mol. The van der Waals surface area contributed by atoms with Crippen LogP contribution in [0.3, 0.4) is 0 Å². The molecule has 16 heteroatoms. The van der Waals surface area contributed by atoms with Gasteiger partial charge in [-0.3, -0.25) is 0 Å². The SMILES string of the molecule is CC.CC.CC.CC.CC.CC.CC.CC.CC.CC.CC1CC1.CCc1ccccc1.Cc1cccc2ccccc12.Cc1ccccc1.Cc1ccnnc1.Cc1cncnc1.Cc1cncnn1.Cc1cnncn1.Cc1nccnn1.Cc1ncncn1. The first-order chi connectivity index (χ1) is 45.0. The molecule has 4 aromatic carbocycles. The van der Waals surface area contributed by atoms with E-state index in [0.29, 0.717) is 5.82 Å². The minimum absolute atomic E-state index is 0.711. The van der Waals surface area contributed by atoms with Gasteiger partial charge in [0.2, 0.25) is 0 Å². The zero-order valence-electron chi connectivity index (χ0n) is 63.3. The number of benzene rings is 4. The van der Waals surface area contributed by atoms with Gasteiger partial charge in [-0.25, -0.2) is 39.9 Å². The van der Waals surface area contributed by atoms with Crippen LogP contribution in [0.2, 0.25) is 0 Å². The number of nitrogens with zero attached hydrogens (tertiary/aromatic N) is 16. The maximum absolute atomic E-state index is 3.81. The standard InChI is InChI=1S/C11H10.C8H10.C7H8.2C5H6N2.4C4H5N3.C4H8.10C2H6/c1-9-5-4-7-10-6-2-3-8-11(9)10;1-2-8-6-4-3-5-7-8;1-7-5-3-2-4-6-7;1-5-2-6-4-7-3-5;1-5-2-3-6-7-4-5;1-4-6-2-5-3-7-4;1-4-2-6-7-3-5-4;1-4-2-5-3-6-7-4;1-4-5-2-3-6-7-4;1-4-2-3-4;10*1-2/h2-8H,1H3;3-7H,2H2,1H3;2-6H,1H3;2*2-4H,1H3;4*2-3H,1H3;4H,2-3H2,1H3;10*1-2H3. The Hall–Kier alpha value is -8.66. The molecular weight excluding hydrogens is 1140 g/mol. The number of aromatic nitrogens is 16. The molecule has 0 bridgehead atoms. The summed E-state index contributed by atoms with van der Waals surface area (Å²) < 4.78 is 0. The summed E-state index contributed by atoms with van der Waals surface area (Å²) in [5.74, 6) is 2.55. The molecule has 0 unspecified atom stereocenters. The quantitative estimate of drug-likeness (QED) is 0.150. The maximum Gasteiger partial charge on any atom is 0.147 e. The molecule has 10 aromatic rings. The lowest BCUT2D eigenvalue weighted by molar-refractivity contribution is 0.907. The van der Waals surface area contributed by atoms with E-state index in [1.807, 2.05) is 203 Å². The average Bonchev–Trinajstić information content (AvgIpc) is 1.26. The molecule has 0 aliphatic heterocycles. The summed E-state index contributed by atoms with van der Waals surface area (Å²) in [4.78, 5) is 30.0. The minimum Gasteiger partial charge on any atom is -0.245 e. The Morgan fingerprint density at radius 2 is 0.815 bits per heavy atom. The van der Waals surface area contributed by atoms with Gasteiger partial charge < -0.3 is 0 Å². The molecule has 1 aliphatic carbocycles. The first-order valence-corrected chi connectivity index (χ1v) is 33.3. The van der Waals surface area contributed by atoms with Crippen LogP contribution in [0.5, 0.6) is 0 Å². The number of fused-ring (bicyclic) bond motifs is 1. The van der Waals surface area contributed by atoms with Gasteiger partial charge in [-0.05, 0) is 107 Å². The Morgan fingerprint density at radius 1 is 0.326 bits per heavy atom. The highest BCUT2D eigenvalue weighted by Crippen LogP contribution is 2.26. The Labute approximate surface area is 562 Å². The second-order valence-electron chi connectivity index (χ2n) is 15.7. The van der Waals surface area contributed by atoms with Crippen molar-refractivity contribution in [2.24, 2.45) is 5.92 Å². The molecule has 6 aromatic heterocycles. The Kier molecular flexibility index (Phi) is 101. The van der Waals surface area contributed by atoms with E-state index in [-0.39, 0.29) is 0 Å². The fourth-order valence-corrected chi connectivity index (χ4v) is 4.75. The topological polar surface area (TPSA) is 206 Å². The van der Waals surface area contributed by atoms with Gasteiger partial charge in [0.15, 0.2) is 0 Å². The molecular formula is C76H128N16. The predicted octanol–water partition coefficient (Wildman–Crippen LogP) is 21.4. The molecule has 16 nitrogen and oxygen atoms in total. The number of hydrogen-bond donors (Lipinski definition) is 0. The van der Waals surface area contributed by atoms with E-state index in [1.165, 1.54) is 71.9 Å². The Morgan fingerprint density at radius 3 is 1.09 bits per heavy atom. The van der Waals surface area contributed by atoms with Crippen LogP contribution in [0.1, 0.15) is 216 Å². The summed E-state index contributed by atoms with van der Waals surface area (Å²) in [5, 5.41) is 31.3. The zero-order valence-corrected chi connectivity index (χ0v) is 63.3. The van der Waals surface area contributed by atoms with Crippen LogP contribution in [0.4, 0.5) is 0 Å². The lowest BCUT2D eigenvalue weighted by Crippen LogP contribution is -1.85. The van der Waals surface area contributed by atoms with E-state index < -0.39 is 0 Å². The largest absolute Gasteiger partial charge is 0.245 e. The summed E-state index contributed by atoms with van der Waals surface area (Å²) in [7, 11) is 0. The molecule has 1 aliphatic rings. The fraction of sp³-hybridized carbons (Fsp3) is 0.447. The molecule has 0 N–H and O–H groups in total. The summed E-state index contributed by atoms with van der Waals surface area (Å²) in [6, 6.07) is 37.5. The number of aryl methyl sites for hydroxylation is 9. The molecule has 1 fully saturated rings. The molecule has 1 saturated carbocycles. The van der Waals surface area contributed by atoms with Crippen LogP contribution in [0.15, 0.2) is 190 Å². The molecule has 0 atom stereocenters. The number of hydrogen-bond acceptors (Lipinski definition) is 16. The molecule has 11 rings (SSSR count). The van der Waals surface area contributed by atoms with Gasteiger partial charge in [-0.2, -0.15) is 25.5 Å². The highest BCUT2D eigenvalue weighted by atomic mass is 15.1. The molecule has 92 heavy (non-hydrogen) atoms. The van der Waals surface area contributed by atoms with Crippen LogP contribution in [0.25, 0.3) is 10.8 Å². The van der Waals surface area contributed by atoms with E-state index in [9.17, 15) is 0 Å². The summed E-state index contributed by atoms with van der Waals surface area (Å²) in [5.41, 5.74) is 8.08. The minimum atomic E-state index is 0.711. The average molecular weight is 1270 g/mol. The van der Waals surface area contributed by atoms with Crippen LogP contribution < -0.4 is 0 Å². The first kappa shape index (κ1) is 102. The van der Waals surface area contributed by atoms with Gasteiger partial charge in [0.25, 0.3) is 0 Å². The zero-order chi connectivity index (χ0) is 72.3. The second-order valence-corrected chi connectivity index (χ2v) is 15.7. The maximum atomic E-state index is 3.81. The fourth-order valence-electron chi connectivity index (χ4n) is 4.75. The normalized spacial score (nSPS) is 8.46. The van der Waals surface area contributed by atoms with Crippen molar-refractivity contribution in [3.8, 4) is 0 Å². The van der Waals surface area contributed by atoms with Crippen molar-refractivity contribution in [2.45, 2.75) is 227 Å². The highest BCUT2D eigenvalue weighted by Gasteiger charge is 2.12. The van der Waals surface area contributed by atoms with E-state index >= 15 is 0 Å². The van der Waals surface area contributed by atoms with Crippen molar-refractivity contribution in [3.05, 3.63) is 241 Å². The third-order valence-corrected chi connectivity index (χ3v) is 8.93. The van der Waals surface area contributed by atoms with Crippen LogP contribution in [-0.4, -0.2) is 80.7 Å².